The van der Waals surface area contributed by atoms with Crippen molar-refractivity contribution in [3.63, 3.8) is 0 Å². The molecule has 0 unspecified atom stereocenters. The standard InChI is InChI=1S/C17H31Cl/c1-2-3-4-14-5-9-16(10-6-14)17-11-7-15(13-18)8-12-17/h14-17H,2-13H2,1H3/t14-,15?,16-,17?. The van der Waals surface area contributed by atoms with Gasteiger partial charge in [0.25, 0.3) is 0 Å². The normalized spacial score (nSPS) is 37.7. The maximum atomic E-state index is 5.98. The van der Waals surface area contributed by atoms with Gasteiger partial charge in [0.15, 0.2) is 0 Å². The topological polar surface area (TPSA) is 0 Å². The molecule has 0 aliphatic heterocycles. The monoisotopic (exact) mass is 270 g/mol. The Morgan fingerprint density at radius 3 is 1.72 bits per heavy atom. The SMILES string of the molecule is CCCC[C@H]1CC[C@H](C2CCC(CCl)CC2)CC1. The van der Waals surface area contributed by atoms with Crippen molar-refractivity contribution in [2.45, 2.75) is 77.6 Å². The molecule has 0 amide bonds. The van der Waals surface area contributed by atoms with Crippen LogP contribution in [0.3, 0.4) is 0 Å². The highest BCUT2D eigenvalue weighted by molar-refractivity contribution is 6.18. The Hall–Kier alpha value is 0.290. The first-order chi connectivity index (χ1) is 8.83. The van der Waals surface area contributed by atoms with Crippen LogP contribution in [-0.2, 0) is 0 Å². The number of hydrogen-bond donors (Lipinski definition) is 0. The van der Waals surface area contributed by atoms with Gasteiger partial charge >= 0.3 is 0 Å². The molecule has 0 N–H and O–H groups in total. The zero-order valence-corrected chi connectivity index (χ0v) is 12.9. The van der Waals surface area contributed by atoms with Gasteiger partial charge in [0.05, 0.1) is 0 Å². The predicted molar refractivity (Wildman–Crippen MR) is 81.1 cm³/mol. The fourth-order valence-electron chi connectivity index (χ4n) is 4.26. The zero-order valence-electron chi connectivity index (χ0n) is 12.2. The van der Waals surface area contributed by atoms with Gasteiger partial charge in [-0.15, -0.1) is 11.6 Å². The largest absolute Gasteiger partial charge is 0.126 e. The fraction of sp³-hybridized carbons (Fsp3) is 1.00. The average molecular weight is 271 g/mol. The summed E-state index contributed by atoms with van der Waals surface area (Å²) in [4.78, 5) is 0. The number of unbranched alkanes of at least 4 members (excludes halogenated alkanes) is 1. The maximum absolute atomic E-state index is 5.98. The van der Waals surface area contributed by atoms with E-state index in [0.29, 0.717) is 0 Å². The van der Waals surface area contributed by atoms with Crippen LogP contribution in [0.5, 0.6) is 0 Å². The summed E-state index contributed by atoms with van der Waals surface area (Å²) >= 11 is 5.98. The summed E-state index contributed by atoms with van der Waals surface area (Å²) in [6.07, 6.45) is 16.2. The van der Waals surface area contributed by atoms with Crippen molar-refractivity contribution in [2.24, 2.45) is 23.7 Å². The molecule has 106 valence electrons. The van der Waals surface area contributed by atoms with Crippen molar-refractivity contribution in [3.05, 3.63) is 0 Å². The molecule has 2 rings (SSSR count). The molecule has 0 aromatic heterocycles. The molecule has 2 saturated carbocycles. The minimum atomic E-state index is 0.837. The third kappa shape index (κ3) is 4.15. The number of hydrogen-bond acceptors (Lipinski definition) is 0. The van der Waals surface area contributed by atoms with Crippen LogP contribution in [0.2, 0.25) is 0 Å². The molecule has 0 radical (unpaired) electrons. The molecule has 1 heteroatoms. The second-order valence-corrected chi connectivity index (χ2v) is 7.17. The number of halogens is 1. The van der Waals surface area contributed by atoms with Crippen molar-refractivity contribution in [3.8, 4) is 0 Å². The summed E-state index contributed by atoms with van der Waals surface area (Å²) in [5.74, 6) is 4.93. The van der Waals surface area contributed by atoms with E-state index in [1.54, 1.807) is 0 Å². The van der Waals surface area contributed by atoms with Gasteiger partial charge in [0.1, 0.15) is 0 Å². The van der Waals surface area contributed by atoms with E-state index in [1.165, 1.54) is 70.6 Å². The van der Waals surface area contributed by atoms with Crippen molar-refractivity contribution >= 4 is 11.6 Å². The predicted octanol–water partition coefficient (Wildman–Crippen LogP) is 6.03. The molecule has 2 aliphatic rings. The van der Waals surface area contributed by atoms with Crippen molar-refractivity contribution in [1.82, 2.24) is 0 Å². The fourth-order valence-corrected chi connectivity index (χ4v) is 4.56. The molecule has 0 aromatic rings. The van der Waals surface area contributed by atoms with Gasteiger partial charge in [0.2, 0.25) is 0 Å². The van der Waals surface area contributed by atoms with Gasteiger partial charge in [-0.1, -0.05) is 39.0 Å². The van der Waals surface area contributed by atoms with E-state index >= 15 is 0 Å². The molecule has 0 heterocycles. The van der Waals surface area contributed by atoms with E-state index in [2.05, 4.69) is 6.92 Å². The number of alkyl halides is 1. The second-order valence-electron chi connectivity index (χ2n) is 6.86. The minimum Gasteiger partial charge on any atom is -0.126 e. The molecule has 2 fully saturated rings. The summed E-state index contributed by atoms with van der Waals surface area (Å²) in [5, 5.41) is 0. The van der Waals surface area contributed by atoms with Gasteiger partial charge in [0, 0.05) is 5.88 Å². The van der Waals surface area contributed by atoms with E-state index in [4.69, 9.17) is 11.6 Å². The quantitative estimate of drug-likeness (QED) is 0.535. The van der Waals surface area contributed by atoms with E-state index in [0.717, 1.165) is 29.6 Å². The molecular weight excluding hydrogens is 240 g/mol. The lowest BCUT2D eigenvalue weighted by atomic mass is 9.69. The molecule has 18 heavy (non-hydrogen) atoms. The Morgan fingerprint density at radius 2 is 1.28 bits per heavy atom. The molecule has 0 nitrogen and oxygen atoms in total. The summed E-state index contributed by atoms with van der Waals surface area (Å²) < 4.78 is 0. The molecular formula is C17H31Cl. The minimum absolute atomic E-state index is 0.837. The third-order valence-corrected chi connectivity index (χ3v) is 6.07. The summed E-state index contributed by atoms with van der Waals surface area (Å²) in [5.41, 5.74) is 0. The number of rotatable bonds is 5. The molecule has 0 saturated heterocycles. The molecule has 0 bridgehead atoms. The van der Waals surface area contributed by atoms with Crippen LogP contribution in [0.4, 0.5) is 0 Å². The van der Waals surface area contributed by atoms with Crippen LogP contribution in [0.15, 0.2) is 0 Å². The van der Waals surface area contributed by atoms with Gasteiger partial charge < -0.3 is 0 Å². The Balaban J connectivity index is 1.67. The summed E-state index contributed by atoms with van der Waals surface area (Å²) in [6.45, 7) is 2.32. The highest BCUT2D eigenvalue weighted by atomic mass is 35.5. The molecule has 0 spiro atoms. The van der Waals surface area contributed by atoms with Crippen LogP contribution in [0.1, 0.15) is 77.6 Å². The average Bonchev–Trinajstić information content (AvgIpc) is 2.46. The molecule has 2 aliphatic carbocycles. The zero-order chi connectivity index (χ0) is 12.8. The first-order valence-electron chi connectivity index (χ1n) is 8.39. The van der Waals surface area contributed by atoms with Crippen LogP contribution >= 0.6 is 11.6 Å². The van der Waals surface area contributed by atoms with Crippen LogP contribution in [0, 0.1) is 23.7 Å². The van der Waals surface area contributed by atoms with E-state index < -0.39 is 0 Å². The first kappa shape index (κ1) is 14.7. The Bertz CT molecular complexity index is 210. The van der Waals surface area contributed by atoms with E-state index in [-0.39, 0.29) is 0 Å². The lowest BCUT2D eigenvalue weighted by Gasteiger charge is -2.37. The molecule has 0 atom stereocenters. The summed E-state index contributed by atoms with van der Waals surface area (Å²) in [7, 11) is 0. The maximum Gasteiger partial charge on any atom is 0.0251 e. The smallest absolute Gasteiger partial charge is 0.0251 e. The molecule has 0 aromatic carbocycles. The van der Waals surface area contributed by atoms with E-state index in [9.17, 15) is 0 Å². The lowest BCUT2D eigenvalue weighted by molar-refractivity contribution is 0.147. The van der Waals surface area contributed by atoms with Crippen LogP contribution < -0.4 is 0 Å². The Kier molecular flexibility index (Phi) is 6.35. The van der Waals surface area contributed by atoms with Gasteiger partial charge in [-0.2, -0.15) is 0 Å². The van der Waals surface area contributed by atoms with Crippen molar-refractivity contribution in [2.75, 3.05) is 5.88 Å². The van der Waals surface area contributed by atoms with Gasteiger partial charge in [-0.3, -0.25) is 0 Å². The van der Waals surface area contributed by atoms with Crippen LogP contribution in [0.25, 0.3) is 0 Å². The first-order valence-corrected chi connectivity index (χ1v) is 8.92. The Labute approximate surface area is 119 Å². The Morgan fingerprint density at radius 1 is 0.778 bits per heavy atom. The lowest BCUT2D eigenvalue weighted by Crippen LogP contribution is -2.26. The van der Waals surface area contributed by atoms with Gasteiger partial charge in [-0.25, -0.2) is 0 Å². The second kappa shape index (κ2) is 7.78. The third-order valence-electron chi connectivity index (χ3n) is 5.63. The van der Waals surface area contributed by atoms with E-state index in [1.807, 2.05) is 0 Å². The summed E-state index contributed by atoms with van der Waals surface area (Å²) in [6, 6.07) is 0. The highest BCUT2D eigenvalue weighted by Gasteiger charge is 2.30. The van der Waals surface area contributed by atoms with Gasteiger partial charge in [-0.05, 0) is 62.2 Å². The van der Waals surface area contributed by atoms with Crippen LogP contribution in [-0.4, -0.2) is 5.88 Å². The van der Waals surface area contributed by atoms with Crippen molar-refractivity contribution in [1.29, 1.82) is 0 Å². The van der Waals surface area contributed by atoms with Crippen molar-refractivity contribution < 1.29 is 0 Å². The highest BCUT2D eigenvalue weighted by Crippen LogP contribution is 2.42.